The monoisotopic (exact) mass is 497 g/mol. The minimum atomic E-state index is -0.628. The van der Waals surface area contributed by atoms with Crippen LogP contribution in [-0.2, 0) is 29.7 Å². The lowest BCUT2D eigenvalue weighted by molar-refractivity contribution is 0.598. The first kappa shape index (κ1) is 21.7. The number of para-hydroxylation sites is 1. The molecule has 5 heterocycles. The van der Waals surface area contributed by atoms with Crippen LogP contribution in [0.2, 0.25) is 0 Å². The minimum absolute atomic E-state index is 0.413. The van der Waals surface area contributed by atoms with Crippen LogP contribution in [0.15, 0.2) is 48.8 Å². The largest absolute Gasteiger partial charge is 0.384 e. The first-order valence-electron chi connectivity index (χ1n) is 12.5. The van der Waals surface area contributed by atoms with Crippen molar-refractivity contribution < 1.29 is 0 Å². The Balaban J connectivity index is 1.52. The van der Waals surface area contributed by atoms with E-state index in [-0.39, 0.29) is 0 Å². The number of H-pyrrole nitrogens is 1. The summed E-state index contributed by atoms with van der Waals surface area (Å²) in [6, 6.07) is 10.5. The molecule has 0 saturated heterocycles. The molecule has 2 aliphatic heterocycles. The molecule has 36 heavy (non-hydrogen) atoms. The molecule has 0 radical (unpaired) electrons. The molecule has 3 aromatic heterocycles. The molecule has 1 aromatic carbocycles. The Morgan fingerprint density at radius 2 is 2.06 bits per heavy atom. The zero-order valence-corrected chi connectivity index (χ0v) is 21.4. The lowest BCUT2D eigenvalue weighted by atomic mass is 9.63. The van der Waals surface area contributed by atoms with Gasteiger partial charge in [-0.2, -0.15) is 10.1 Å². The third-order valence-electron chi connectivity index (χ3n) is 8.19. The predicted molar refractivity (Wildman–Crippen MR) is 143 cm³/mol. The molecule has 0 fully saturated rings. The van der Waals surface area contributed by atoms with Gasteiger partial charge < -0.3 is 15.6 Å². The van der Waals surface area contributed by atoms with Gasteiger partial charge in [0, 0.05) is 48.7 Å². The molecular weight excluding hydrogens is 470 g/mol. The van der Waals surface area contributed by atoms with Crippen molar-refractivity contribution in [2.24, 2.45) is 0 Å². The van der Waals surface area contributed by atoms with Crippen LogP contribution in [0.1, 0.15) is 60.1 Å². The van der Waals surface area contributed by atoms with Gasteiger partial charge in [-0.3, -0.25) is 0 Å². The van der Waals surface area contributed by atoms with E-state index in [4.69, 9.17) is 22.4 Å². The number of benzene rings is 1. The van der Waals surface area contributed by atoms with Crippen LogP contribution in [-0.4, -0.2) is 31.3 Å². The Bertz CT molecular complexity index is 1580. The number of rotatable bonds is 2. The van der Waals surface area contributed by atoms with Crippen molar-refractivity contribution in [2.75, 3.05) is 17.2 Å². The van der Waals surface area contributed by atoms with E-state index in [0.29, 0.717) is 18.3 Å². The standard InChI is InChI=1S/C28H28ClN7/c1-4-16-6-5-7-17-20-14-27(2,29)24-19(8-11-31-24)28(20,3)25-18-15-35(26-32-12-9-22(30)33-26)13-10-21(18)34-36(25)23(16)17/h5-9,11-12,14,31H,4,10,13,15H2,1-3H3,(H2,30,32,33). The zero-order chi connectivity index (χ0) is 24.8. The molecule has 7 rings (SSSR count). The van der Waals surface area contributed by atoms with Crippen LogP contribution in [0.5, 0.6) is 0 Å². The second-order valence-electron chi connectivity index (χ2n) is 10.3. The molecule has 0 bridgehead atoms. The van der Waals surface area contributed by atoms with Crippen molar-refractivity contribution in [1.29, 1.82) is 0 Å². The fraction of sp³-hybridized carbons (Fsp3) is 0.321. The average Bonchev–Trinajstić information content (AvgIpc) is 3.52. The molecule has 0 spiro atoms. The number of nitrogens with one attached hydrogen (secondary N) is 1. The number of anilines is 2. The third-order valence-corrected chi connectivity index (χ3v) is 8.48. The van der Waals surface area contributed by atoms with Crippen LogP contribution < -0.4 is 10.6 Å². The number of halogens is 1. The van der Waals surface area contributed by atoms with Crippen LogP contribution >= 0.6 is 11.6 Å². The van der Waals surface area contributed by atoms with Crippen LogP contribution in [0.25, 0.3) is 11.3 Å². The van der Waals surface area contributed by atoms with E-state index in [2.05, 4.69) is 75.6 Å². The number of nitrogen functional groups attached to an aromatic ring is 1. The number of aromatic amines is 1. The number of alkyl halides is 1. The average molecular weight is 498 g/mol. The summed E-state index contributed by atoms with van der Waals surface area (Å²) in [7, 11) is 0. The number of aryl methyl sites for hydroxylation is 1. The minimum Gasteiger partial charge on any atom is -0.384 e. The number of hydrogen-bond acceptors (Lipinski definition) is 5. The Kier molecular flexibility index (Phi) is 4.35. The number of aromatic nitrogens is 5. The summed E-state index contributed by atoms with van der Waals surface area (Å²) in [4.78, 5) is 14.0. The summed E-state index contributed by atoms with van der Waals surface area (Å²) in [5.74, 6) is 1.14. The molecule has 8 heteroatoms. The lowest BCUT2D eigenvalue weighted by Gasteiger charge is -2.45. The Labute approximate surface area is 215 Å². The molecule has 182 valence electrons. The molecule has 3 aliphatic rings. The highest BCUT2D eigenvalue weighted by atomic mass is 35.5. The smallest absolute Gasteiger partial charge is 0.227 e. The summed E-state index contributed by atoms with van der Waals surface area (Å²) in [5.41, 5.74) is 16.3. The maximum Gasteiger partial charge on any atom is 0.227 e. The molecule has 1 aliphatic carbocycles. The van der Waals surface area contributed by atoms with Gasteiger partial charge in [0.2, 0.25) is 5.95 Å². The molecule has 3 N–H and O–H groups in total. The number of nitrogens with two attached hydrogens (primary N) is 1. The predicted octanol–water partition coefficient (Wildman–Crippen LogP) is 4.87. The maximum absolute atomic E-state index is 7.16. The Hall–Kier alpha value is -3.58. The molecular formula is C28H28ClN7. The molecule has 7 nitrogen and oxygen atoms in total. The van der Waals surface area contributed by atoms with Gasteiger partial charge >= 0.3 is 0 Å². The summed E-state index contributed by atoms with van der Waals surface area (Å²) in [6.45, 7) is 8.07. The van der Waals surface area contributed by atoms with Crippen LogP contribution in [0.3, 0.4) is 0 Å². The van der Waals surface area contributed by atoms with Gasteiger partial charge in [-0.1, -0.05) is 31.2 Å². The van der Waals surface area contributed by atoms with Crippen molar-refractivity contribution in [3.8, 4) is 5.69 Å². The molecule has 2 atom stereocenters. The van der Waals surface area contributed by atoms with Gasteiger partial charge in [0.1, 0.15) is 10.7 Å². The third kappa shape index (κ3) is 2.72. The highest BCUT2D eigenvalue weighted by Crippen LogP contribution is 2.58. The number of hydrogen-bond donors (Lipinski definition) is 2. The van der Waals surface area contributed by atoms with Gasteiger partial charge in [0.15, 0.2) is 0 Å². The van der Waals surface area contributed by atoms with Gasteiger partial charge in [-0.25, -0.2) is 9.67 Å². The molecule has 4 aromatic rings. The highest BCUT2D eigenvalue weighted by molar-refractivity contribution is 6.26. The van der Waals surface area contributed by atoms with Gasteiger partial charge in [-0.05, 0) is 49.1 Å². The highest BCUT2D eigenvalue weighted by Gasteiger charge is 2.51. The van der Waals surface area contributed by atoms with E-state index in [1.54, 1.807) is 12.3 Å². The molecule has 2 unspecified atom stereocenters. The normalized spacial score (nSPS) is 23.8. The van der Waals surface area contributed by atoms with Gasteiger partial charge in [0.25, 0.3) is 0 Å². The van der Waals surface area contributed by atoms with E-state index in [1.165, 1.54) is 39.2 Å². The van der Waals surface area contributed by atoms with Crippen molar-refractivity contribution in [3.63, 3.8) is 0 Å². The van der Waals surface area contributed by atoms with E-state index >= 15 is 0 Å². The maximum atomic E-state index is 7.16. The summed E-state index contributed by atoms with van der Waals surface area (Å²) >= 11 is 7.16. The first-order chi connectivity index (χ1) is 17.3. The van der Waals surface area contributed by atoms with E-state index in [9.17, 15) is 0 Å². The Morgan fingerprint density at radius 3 is 2.86 bits per heavy atom. The number of nitrogens with zero attached hydrogens (tertiary/aromatic N) is 5. The van der Waals surface area contributed by atoms with Crippen molar-refractivity contribution in [2.45, 2.75) is 50.4 Å². The summed E-state index contributed by atoms with van der Waals surface area (Å²) < 4.78 is 2.23. The van der Waals surface area contributed by atoms with Crippen LogP contribution in [0.4, 0.5) is 11.8 Å². The second kappa shape index (κ2) is 7.23. The first-order valence-corrected chi connectivity index (χ1v) is 12.9. The van der Waals surface area contributed by atoms with E-state index in [1.807, 2.05) is 6.20 Å². The second-order valence-corrected chi connectivity index (χ2v) is 11.1. The quantitative estimate of drug-likeness (QED) is 0.386. The summed E-state index contributed by atoms with van der Waals surface area (Å²) in [5, 5.41) is 5.27. The SMILES string of the molecule is CCc1cccc2c1-n1nc3c(c1C1(C)C2=CC(C)(Cl)c2[nH]ccc21)CN(c1nccc(N)n1)CC3. The van der Waals surface area contributed by atoms with Crippen LogP contribution in [0, 0.1) is 0 Å². The fourth-order valence-corrected chi connectivity index (χ4v) is 6.77. The topological polar surface area (TPSA) is 88.7 Å². The van der Waals surface area contributed by atoms with Gasteiger partial charge in [0.05, 0.1) is 22.5 Å². The Morgan fingerprint density at radius 1 is 1.19 bits per heavy atom. The van der Waals surface area contributed by atoms with E-state index < -0.39 is 10.3 Å². The fourth-order valence-electron chi connectivity index (χ4n) is 6.50. The van der Waals surface area contributed by atoms with Gasteiger partial charge in [-0.15, -0.1) is 11.6 Å². The lowest BCUT2D eigenvalue weighted by Crippen LogP contribution is -2.41. The van der Waals surface area contributed by atoms with Crippen molar-refractivity contribution >= 4 is 28.9 Å². The number of allylic oxidation sites excluding steroid dienone is 2. The number of fused-ring (bicyclic) bond motifs is 10. The molecule has 0 amide bonds. The molecule has 0 saturated carbocycles. The zero-order valence-electron chi connectivity index (χ0n) is 20.6. The van der Waals surface area contributed by atoms with E-state index in [0.717, 1.165) is 30.8 Å². The van der Waals surface area contributed by atoms with Crippen molar-refractivity contribution in [3.05, 3.63) is 88.1 Å². The van der Waals surface area contributed by atoms with Crippen molar-refractivity contribution in [1.82, 2.24) is 24.7 Å². The summed E-state index contributed by atoms with van der Waals surface area (Å²) in [6.07, 6.45) is 7.72.